The standard InChI is InChI=1S/C12H16N6O2S/c1-2-8(13)9-5-18(17-16-9)6-10(19)15-12-7(11(14)20)3-4-21-12/h3-5,8H,2,6,13H2,1H3,(H2,14,20)(H,15,19). The Morgan fingerprint density at radius 1 is 1.52 bits per heavy atom. The van der Waals surface area contributed by atoms with E-state index in [2.05, 4.69) is 15.6 Å². The number of primary amides is 1. The third-order valence-electron chi connectivity index (χ3n) is 2.87. The molecule has 0 radical (unpaired) electrons. The summed E-state index contributed by atoms with van der Waals surface area (Å²) in [5, 5.41) is 12.5. The molecule has 0 fully saturated rings. The van der Waals surface area contributed by atoms with Crippen molar-refractivity contribution in [3.63, 3.8) is 0 Å². The zero-order valence-electron chi connectivity index (χ0n) is 11.4. The van der Waals surface area contributed by atoms with Gasteiger partial charge in [-0.15, -0.1) is 16.4 Å². The first-order valence-electron chi connectivity index (χ1n) is 6.34. The number of nitrogens with zero attached hydrogens (tertiary/aromatic N) is 3. The van der Waals surface area contributed by atoms with Gasteiger partial charge in [0.25, 0.3) is 5.91 Å². The van der Waals surface area contributed by atoms with Crippen molar-refractivity contribution >= 4 is 28.2 Å². The van der Waals surface area contributed by atoms with E-state index in [9.17, 15) is 9.59 Å². The molecule has 5 N–H and O–H groups in total. The molecule has 8 nitrogen and oxygen atoms in total. The Morgan fingerprint density at radius 2 is 2.29 bits per heavy atom. The molecule has 2 amide bonds. The average molecular weight is 308 g/mol. The molecule has 1 atom stereocenters. The summed E-state index contributed by atoms with van der Waals surface area (Å²) in [7, 11) is 0. The van der Waals surface area contributed by atoms with Gasteiger partial charge in [-0.25, -0.2) is 4.68 Å². The van der Waals surface area contributed by atoms with Gasteiger partial charge in [-0.2, -0.15) is 0 Å². The number of carbonyl (C=O) groups is 2. The maximum absolute atomic E-state index is 11.9. The molecule has 2 rings (SSSR count). The van der Waals surface area contributed by atoms with Crippen LogP contribution in [0.4, 0.5) is 5.00 Å². The van der Waals surface area contributed by atoms with Crippen LogP contribution in [0.2, 0.25) is 0 Å². The summed E-state index contributed by atoms with van der Waals surface area (Å²) in [4.78, 5) is 23.1. The Bertz CT molecular complexity index is 650. The third-order valence-corrected chi connectivity index (χ3v) is 3.70. The SMILES string of the molecule is CCC(N)c1cn(CC(=O)Nc2sccc2C(N)=O)nn1. The molecule has 1 unspecified atom stereocenters. The van der Waals surface area contributed by atoms with Crippen LogP contribution in [0.5, 0.6) is 0 Å². The van der Waals surface area contributed by atoms with Crippen molar-refractivity contribution < 1.29 is 9.59 Å². The van der Waals surface area contributed by atoms with Gasteiger partial charge in [-0.3, -0.25) is 9.59 Å². The van der Waals surface area contributed by atoms with Crippen LogP contribution in [0, 0.1) is 0 Å². The fourth-order valence-electron chi connectivity index (χ4n) is 1.68. The van der Waals surface area contributed by atoms with Gasteiger partial charge in [-0.05, 0) is 17.9 Å². The molecule has 0 bridgehead atoms. The van der Waals surface area contributed by atoms with E-state index in [0.717, 1.165) is 6.42 Å². The van der Waals surface area contributed by atoms with E-state index >= 15 is 0 Å². The second-order valence-electron chi connectivity index (χ2n) is 4.43. The minimum absolute atomic E-state index is 0.0143. The second-order valence-corrected chi connectivity index (χ2v) is 5.35. The summed E-state index contributed by atoms with van der Waals surface area (Å²) in [6.07, 6.45) is 2.37. The molecule has 2 heterocycles. The Hall–Kier alpha value is -2.26. The number of rotatable bonds is 6. The van der Waals surface area contributed by atoms with E-state index in [1.165, 1.54) is 16.0 Å². The molecule has 0 saturated heterocycles. The summed E-state index contributed by atoms with van der Waals surface area (Å²) in [5.41, 5.74) is 12.0. The lowest BCUT2D eigenvalue weighted by atomic mass is 10.2. The van der Waals surface area contributed by atoms with E-state index in [1.807, 2.05) is 6.92 Å². The molecule has 112 valence electrons. The predicted octanol–water partition coefficient (Wildman–Crippen LogP) is 0.487. The molecule has 9 heteroatoms. The zero-order valence-corrected chi connectivity index (χ0v) is 12.3. The molecule has 0 aliphatic rings. The van der Waals surface area contributed by atoms with Crippen LogP contribution < -0.4 is 16.8 Å². The molecular weight excluding hydrogens is 292 g/mol. The Morgan fingerprint density at radius 3 is 2.95 bits per heavy atom. The Labute approximate surface area is 125 Å². The van der Waals surface area contributed by atoms with Crippen molar-refractivity contribution in [2.24, 2.45) is 11.5 Å². The fraction of sp³-hybridized carbons (Fsp3) is 0.333. The number of thiophene rings is 1. The maximum atomic E-state index is 11.9. The number of aromatic nitrogens is 3. The van der Waals surface area contributed by atoms with Crippen LogP contribution in [-0.2, 0) is 11.3 Å². The van der Waals surface area contributed by atoms with Gasteiger partial charge >= 0.3 is 0 Å². The number of carbonyl (C=O) groups excluding carboxylic acids is 2. The van der Waals surface area contributed by atoms with E-state index in [1.54, 1.807) is 17.6 Å². The highest BCUT2D eigenvalue weighted by atomic mass is 32.1. The number of amides is 2. The molecular formula is C12H16N6O2S. The highest BCUT2D eigenvalue weighted by Crippen LogP contribution is 2.22. The lowest BCUT2D eigenvalue weighted by Gasteiger charge is -2.04. The third kappa shape index (κ3) is 3.64. The zero-order chi connectivity index (χ0) is 15.4. The van der Waals surface area contributed by atoms with Crippen LogP contribution in [-0.4, -0.2) is 26.8 Å². The van der Waals surface area contributed by atoms with Crippen molar-refractivity contribution in [2.45, 2.75) is 25.9 Å². The largest absolute Gasteiger partial charge is 0.366 e. The summed E-state index contributed by atoms with van der Waals surface area (Å²) < 4.78 is 1.40. The van der Waals surface area contributed by atoms with Gasteiger partial charge in [0.05, 0.1) is 23.5 Å². The van der Waals surface area contributed by atoms with Gasteiger partial charge < -0.3 is 16.8 Å². The smallest absolute Gasteiger partial charge is 0.251 e. The van der Waals surface area contributed by atoms with Crippen molar-refractivity contribution in [1.29, 1.82) is 0 Å². The summed E-state index contributed by atoms with van der Waals surface area (Å²) in [6, 6.07) is 1.37. The molecule has 21 heavy (non-hydrogen) atoms. The number of anilines is 1. The molecule has 0 spiro atoms. The highest BCUT2D eigenvalue weighted by molar-refractivity contribution is 7.14. The van der Waals surface area contributed by atoms with Crippen molar-refractivity contribution in [3.05, 3.63) is 28.9 Å². The summed E-state index contributed by atoms with van der Waals surface area (Å²) in [5.74, 6) is -0.898. The molecule has 0 aliphatic carbocycles. The number of hydrogen-bond donors (Lipinski definition) is 3. The summed E-state index contributed by atoms with van der Waals surface area (Å²) >= 11 is 1.23. The topological polar surface area (TPSA) is 129 Å². The fourth-order valence-corrected chi connectivity index (χ4v) is 2.49. The number of nitrogens with one attached hydrogen (secondary N) is 1. The second kappa shape index (κ2) is 6.46. The molecule has 0 aromatic carbocycles. The van der Waals surface area contributed by atoms with Gasteiger partial charge in [0.2, 0.25) is 5.91 Å². The maximum Gasteiger partial charge on any atom is 0.251 e. The molecule has 0 saturated carbocycles. The van der Waals surface area contributed by atoms with Crippen LogP contribution in [0.15, 0.2) is 17.6 Å². The number of nitrogens with two attached hydrogens (primary N) is 2. The van der Waals surface area contributed by atoms with E-state index in [0.29, 0.717) is 16.3 Å². The Balaban J connectivity index is 2.00. The summed E-state index contributed by atoms with van der Waals surface area (Å²) in [6.45, 7) is 1.93. The molecule has 2 aromatic rings. The predicted molar refractivity (Wildman–Crippen MR) is 78.7 cm³/mol. The quantitative estimate of drug-likeness (QED) is 0.715. The van der Waals surface area contributed by atoms with E-state index < -0.39 is 5.91 Å². The average Bonchev–Trinajstić information content (AvgIpc) is 3.07. The van der Waals surface area contributed by atoms with E-state index in [4.69, 9.17) is 11.5 Å². The minimum atomic E-state index is -0.580. The minimum Gasteiger partial charge on any atom is -0.366 e. The Kier molecular flexibility index (Phi) is 4.66. The first kappa shape index (κ1) is 15.1. The van der Waals surface area contributed by atoms with E-state index in [-0.39, 0.29) is 18.5 Å². The van der Waals surface area contributed by atoms with Crippen LogP contribution >= 0.6 is 11.3 Å². The van der Waals surface area contributed by atoms with Crippen LogP contribution in [0.1, 0.15) is 35.4 Å². The van der Waals surface area contributed by atoms with Gasteiger partial charge in [0.1, 0.15) is 11.5 Å². The number of hydrogen-bond acceptors (Lipinski definition) is 6. The van der Waals surface area contributed by atoms with Gasteiger partial charge in [0, 0.05) is 0 Å². The van der Waals surface area contributed by atoms with Crippen molar-refractivity contribution in [3.8, 4) is 0 Å². The van der Waals surface area contributed by atoms with Gasteiger partial charge in [0.15, 0.2) is 0 Å². The van der Waals surface area contributed by atoms with Crippen molar-refractivity contribution in [1.82, 2.24) is 15.0 Å². The normalized spacial score (nSPS) is 12.1. The first-order chi connectivity index (χ1) is 10.0. The van der Waals surface area contributed by atoms with Crippen molar-refractivity contribution in [2.75, 3.05) is 5.32 Å². The first-order valence-corrected chi connectivity index (χ1v) is 7.22. The lowest BCUT2D eigenvalue weighted by Crippen LogP contribution is -2.21. The lowest BCUT2D eigenvalue weighted by molar-refractivity contribution is -0.116. The monoisotopic (exact) mass is 308 g/mol. The van der Waals surface area contributed by atoms with Crippen LogP contribution in [0.3, 0.4) is 0 Å². The highest BCUT2D eigenvalue weighted by Gasteiger charge is 2.14. The molecule has 0 aliphatic heterocycles. The van der Waals surface area contributed by atoms with Crippen LogP contribution in [0.25, 0.3) is 0 Å². The molecule has 2 aromatic heterocycles. The van der Waals surface area contributed by atoms with Gasteiger partial charge in [-0.1, -0.05) is 12.1 Å².